The van der Waals surface area contributed by atoms with E-state index < -0.39 is 0 Å². The number of aryl methyl sites for hydroxylation is 1. The number of benzene rings is 2. The van der Waals surface area contributed by atoms with Crippen molar-refractivity contribution in [3.8, 4) is 5.75 Å². The largest absolute Gasteiger partial charge is 0.485 e. The number of aromatic nitrogens is 2. The quantitative estimate of drug-likeness (QED) is 0.438. The van der Waals surface area contributed by atoms with E-state index in [0.717, 1.165) is 34.1 Å². The Bertz CT molecular complexity index is 1030. The normalized spacial score (nSPS) is 10.6. The molecule has 0 bridgehead atoms. The Kier molecular flexibility index (Phi) is 5.64. The Morgan fingerprint density at radius 3 is 2.32 bits per heavy atom. The first kappa shape index (κ1) is 18.2. The molecule has 4 nitrogen and oxygen atoms in total. The van der Waals surface area contributed by atoms with E-state index >= 15 is 0 Å². The molecule has 0 saturated carbocycles. The molecule has 4 rings (SSSR count). The minimum absolute atomic E-state index is 0.489. The molecule has 0 spiro atoms. The van der Waals surface area contributed by atoms with Gasteiger partial charge in [0.1, 0.15) is 6.61 Å². The number of thiazole rings is 1. The van der Waals surface area contributed by atoms with Crippen LogP contribution in [-0.4, -0.2) is 9.97 Å². The van der Waals surface area contributed by atoms with Gasteiger partial charge in [-0.25, -0.2) is 9.97 Å². The molecule has 0 unspecified atom stereocenters. The summed E-state index contributed by atoms with van der Waals surface area (Å²) >= 11 is 1.56. The number of rotatable bonds is 7. The summed E-state index contributed by atoms with van der Waals surface area (Å²) in [6.45, 7) is 2.47. The van der Waals surface area contributed by atoms with Gasteiger partial charge >= 0.3 is 0 Å². The van der Waals surface area contributed by atoms with Gasteiger partial charge in [-0.15, -0.1) is 11.3 Å². The van der Waals surface area contributed by atoms with Crippen LogP contribution in [0, 0.1) is 6.92 Å². The average molecular weight is 388 g/mol. The molecule has 28 heavy (non-hydrogen) atoms. The van der Waals surface area contributed by atoms with Crippen LogP contribution in [0.5, 0.6) is 5.75 Å². The van der Waals surface area contributed by atoms with E-state index in [-0.39, 0.29) is 0 Å². The molecule has 0 radical (unpaired) electrons. The van der Waals surface area contributed by atoms with E-state index in [1.807, 2.05) is 42.8 Å². The smallest absolute Gasteiger partial charge is 0.188 e. The van der Waals surface area contributed by atoms with Crippen LogP contribution in [0.15, 0.2) is 78.3 Å². The van der Waals surface area contributed by atoms with E-state index in [2.05, 4.69) is 57.7 Å². The fraction of sp³-hybridized carbons (Fsp3) is 0.130. The minimum Gasteiger partial charge on any atom is -0.485 e. The lowest BCUT2D eigenvalue weighted by molar-refractivity contribution is 0.306. The van der Waals surface area contributed by atoms with E-state index in [4.69, 9.17) is 4.74 Å². The highest BCUT2D eigenvalue weighted by atomic mass is 32.1. The molecule has 2 heterocycles. The van der Waals surface area contributed by atoms with Gasteiger partial charge in [0.2, 0.25) is 0 Å². The van der Waals surface area contributed by atoms with Gasteiger partial charge in [0.15, 0.2) is 16.7 Å². The average Bonchev–Trinajstić information content (AvgIpc) is 3.14. The molecule has 0 amide bonds. The minimum atomic E-state index is 0.489. The predicted octanol–water partition coefficient (Wildman–Crippen LogP) is 5.76. The third kappa shape index (κ3) is 4.75. The lowest BCUT2D eigenvalue weighted by Gasteiger charge is -2.13. The number of anilines is 2. The van der Waals surface area contributed by atoms with Crippen LogP contribution < -0.4 is 10.1 Å². The molecule has 1 N–H and O–H groups in total. The highest BCUT2D eigenvalue weighted by Gasteiger charge is 2.10. The Morgan fingerprint density at radius 1 is 0.929 bits per heavy atom. The zero-order valence-corrected chi connectivity index (χ0v) is 16.4. The summed E-state index contributed by atoms with van der Waals surface area (Å²) in [4.78, 5) is 9.09. The second-order valence-electron chi connectivity index (χ2n) is 6.55. The fourth-order valence-corrected chi connectivity index (χ4v) is 3.55. The van der Waals surface area contributed by atoms with Crippen LogP contribution in [0.2, 0.25) is 0 Å². The van der Waals surface area contributed by atoms with Gasteiger partial charge in [-0.3, -0.25) is 0 Å². The molecule has 4 aromatic rings. The van der Waals surface area contributed by atoms with Crippen molar-refractivity contribution >= 4 is 22.3 Å². The third-order valence-electron chi connectivity index (χ3n) is 4.24. The first-order valence-corrected chi connectivity index (χ1v) is 10.0. The molecule has 0 aliphatic carbocycles. The zero-order chi connectivity index (χ0) is 19.2. The first-order valence-electron chi connectivity index (χ1n) is 9.15. The first-order chi connectivity index (χ1) is 13.8. The van der Waals surface area contributed by atoms with Gasteiger partial charge < -0.3 is 10.1 Å². The van der Waals surface area contributed by atoms with Crippen molar-refractivity contribution in [2.45, 2.75) is 20.0 Å². The van der Waals surface area contributed by atoms with Gasteiger partial charge in [0.05, 0.1) is 5.69 Å². The van der Waals surface area contributed by atoms with Crippen molar-refractivity contribution in [2.75, 3.05) is 5.32 Å². The summed E-state index contributed by atoms with van der Waals surface area (Å²) in [7, 11) is 0. The number of hydrogen-bond donors (Lipinski definition) is 1. The molecule has 0 fully saturated rings. The number of nitrogens with one attached hydrogen (secondary N) is 1. The van der Waals surface area contributed by atoms with Crippen LogP contribution in [0.4, 0.5) is 10.9 Å². The van der Waals surface area contributed by atoms with E-state index in [0.29, 0.717) is 12.4 Å². The lowest BCUT2D eigenvalue weighted by Crippen LogP contribution is -2.02. The second-order valence-corrected chi connectivity index (χ2v) is 7.40. The molecule has 0 aliphatic heterocycles. The van der Waals surface area contributed by atoms with Crippen LogP contribution >= 0.6 is 11.3 Å². The summed E-state index contributed by atoms with van der Waals surface area (Å²) in [6.07, 6.45) is 2.71. The fourth-order valence-electron chi connectivity index (χ4n) is 2.87. The van der Waals surface area contributed by atoms with Crippen molar-refractivity contribution in [3.63, 3.8) is 0 Å². The molecule has 5 heteroatoms. The maximum Gasteiger partial charge on any atom is 0.188 e. The summed E-state index contributed by atoms with van der Waals surface area (Å²) in [6, 6.07) is 22.6. The molecule has 2 aromatic heterocycles. The summed E-state index contributed by atoms with van der Waals surface area (Å²) < 4.78 is 6.13. The van der Waals surface area contributed by atoms with Crippen LogP contribution in [0.3, 0.4) is 0 Å². The zero-order valence-electron chi connectivity index (χ0n) is 15.6. The number of nitrogens with zero attached hydrogens (tertiary/aromatic N) is 2. The van der Waals surface area contributed by atoms with Crippen LogP contribution in [-0.2, 0) is 13.0 Å². The van der Waals surface area contributed by atoms with Crippen molar-refractivity contribution in [2.24, 2.45) is 0 Å². The van der Waals surface area contributed by atoms with Crippen LogP contribution in [0.1, 0.15) is 22.4 Å². The van der Waals surface area contributed by atoms with Gasteiger partial charge in [-0.1, -0.05) is 60.7 Å². The second kappa shape index (κ2) is 8.67. The van der Waals surface area contributed by atoms with Gasteiger partial charge in [-0.2, -0.15) is 0 Å². The predicted molar refractivity (Wildman–Crippen MR) is 114 cm³/mol. The highest BCUT2D eigenvalue weighted by Crippen LogP contribution is 2.29. The molecule has 0 aliphatic rings. The third-order valence-corrected chi connectivity index (χ3v) is 5.12. The summed E-state index contributed by atoms with van der Waals surface area (Å²) in [5.74, 6) is 1.41. The van der Waals surface area contributed by atoms with Crippen molar-refractivity contribution < 1.29 is 4.74 Å². The van der Waals surface area contributed by atoms with Gasteiger partial charge in [0.25, 0.3) is 0 Å². The van der Waals surface area contributed by atoms with Crippen LogP contribution in [0.25, 0.3) is 0 Å². The number of pyridine rings is 1. The van der Waals surface area contributed by atoms with Gasteiger partial charge in [0, 0.05) is 11.6 Å². The summed E-state index contributed by atoms with van der Waals surface area (Å²) in [5.41, 5.74) is 4.46. The lowest BCUT2D eigenvalue weighted by atomic mass is 10.1. The molecule has 0 atom stereocenters. The van der Waals surface area contributed by atoms with Gasteiger partial charge in [-0.05, 0) is 36.1 Å². The standard InChI is InChI=1S/C23H21N3OS/c1-17-16-28-23(25-17)26-22-21(27-15-19-10-6-3-7-11-19)13-20(14-24-22)12-18-8-4-2-5-9-18/h2-11,13-14,16H,12,15H2,1H3,(H,24,25,26). The Morgan fingerprint density at radius 2 is 1.64 bits per heavy atom. The monoisotopic (exact) mass is 387 g/mol. The number of hydrogen-bond acceptors (Lipinski definition) is 5. The van der Waals surface area contributed by atoms with Crippen molar-refractivity contribution in [1.29, 1.82) is 0 Å². The SMILES string of the molecule is Cc1csc(Nc2ncc(Cc3ccccc3)cc2OCc2ccccc2)n1. The van der Waals surface area contributed by atoms with Crippen molar-refractivity contribution in [1.82, 2.24) is 9.97 Å². The number of ether oxygens (including phenoxy) is 1. The molecule has 2 aromatic carbocycles. The molecule has 140 valence electrons. The Hall–Kier alpha value is -3.18. The van der Waals surface area contributed by atoms with E-state index in [1.165, 1.54) is 5.56 Å². The Labute approximate surface area is 168 Å². The highest BCUT2D eigenvalue weighted by molar-refractivity contribution is 7.13. The van der Waals surface area contributed by atoms with E-state index in [9.17, 15) is 0 Å². The van der Waals surface area contributed by atoms with E-state index in [1.54, 1.807) is 11.3 Å². The topological polar surface area (TPSA) is 47.0 Å². The molecular formula is C23H21N3OS. The summed E-state index contributed by atoms with van der Waals surface area (Å²) in [5, 5.41) is 6.11. The molecule has 0 saturated heterocycles. The molecular weight excluding hydrogens is 366 g/mol. The Balaban J connectivity index is 1.58. The maximum absolute atomic E-state index is 6.13. The maximum atomic E-state index is 6.13. The van der Waals surface area contributed by atoms with Crippen molar-refractivity contribution in [3.05, 3.63) is 101 Å².